The number of benzene rings is 2. The molecule has 0 fully saturated rings. The summed E-state index contributed by atoms with van der Waals surface area (Å²) in [4.78, 5) is 17.2. The molecule has 2 aromatic carbocycles. The summed E-state index contributed by atoms with van der Waals surface area (Å²) in [5.74, 6) is -0.525. The molecule has 24 heavy (non-hydrogen) atoms. The summed E-state index contributed by atoms with van der Waals surface area (Å²) in [5.41, 5.74) is 2.41. The number of halogens is 3. The normalized spacial score (nSPS) is 11.5. The largest absolute Gasteiger partial charge is 0.333 e. The molecule has 0 spiro atoms. The molecule has 120 valence electrons. The summed E-state index contributed by atoms with van der Waals surface area (Å²) >= 11 is 9.35. The van der Waals surface area contributed by atoms with E-state index in [0.717, 1.165) is 15.4 Å². The number of hydrogen-bond acceptors (Lipinski definition) is 2. The molecule has 4 rings (SSSR count). The number of fused-ring (bicyclic) bond motifs is 3. The van der Waals surface area contributed by atoms with Crippen LogP contribution in [0, 0.1) is 5.82 Å². The smallest absolute Gasteiger partial charge is 0.293 e. The first-order valence-electron chi connectivity index (χ1n) is 7.08. The van der Waals surface area contributed by atoms with Gasteiger partial charge in [0.1, 0.15) is 5.82 Å². The lowest BCUT2D eigenvalue weighted by Crippen LogP contribution is -2.20. The second kappa shape index (κ2) is 5.43. The van der Waals surface area contributed by atoms with Gasteiger partial charge in [0.2, 0.25) is 0 Å². The summed E-state index contributed by atoms with van der Waals surface area (Å²) in [6, 6.07) is 9.90. The predicted octanol–water partition coefficient (Wildman–Crippen LogP) is 4.43. The average Bonchev–Trinajstić information content (AvgIpc) is 2.82. The third-order valence-electron chi connectivity index (χ3n) is 4.01. The van der Waals surface area contributed by atoms with E-state index in [4.69, 9.17) is 11.6 Å². The Kier molecular flexibility index (Phi) is 3.47. The first kappa shape index (κ1) is 15.4. The minimum absolute atomic E-state index is 0.0315. The van der Waals surface area contributed by atoms with Crippen LogP contribution in [0.2, 0.25) is 5.02 Å². The fourth-order valence-corrected chi connectivity index (χ4v) is 3.37. The SMILES string of the molecule is Cn1c(=O)n(-c2ccc(F)c(Cl)c2)c2c3cc(Br)ccc3ncc21. The van der Waals surface area contributed by atoms with E-state index in [0.29, 0.717) is 16.7 Å². The standard InChI is InChI=1S/C17H10BrClFN3O/c1-22-15-8-21-14-5-2-9(18)6-11(14)16(15)23(17(22)24)10-3-4-13(20)12(19)7-10/h2-8H,1H3. The van der Waals surface area contributed by atoms with Crippen molar-refractivity contribution in [3.8, 4) is 5.69 Å². The summed E-state index contributed by atoms with van der Waals surface area (Å²) in [6.45, 7) is 0. The molecule has 0 aliphatic rings. The maximum Gasteiger partial charge on any atom is 0.333 e. The lowest BCUT2D eigenvalue weighted by molar-refractivity contribution is 0.627. The Labute approximate surface area is 149 Å². The van der Waals surface area contributed by atoms with Crippen molar-refractivity contribution in [2.75, 3.05) is 0 Å². The quantitative estimate of drug-likeness (QED) is 0.469. The third kappa shape index (κ3) is 2.17. The minimum Gasteiger partial charge on any atom is -0.293 e. The monoisotopic (exact) mass is 405 g/mol. The number of aromatic nitrogens is 3. The number of hydrogen-bond donors (Lipinski definition) is 0. The second-order valence-electron chi connectivity index (χ2n) is 5.43. The van der Waals surface area contributed by atoms with E-state index in [1.807, 2.05) is 18.2 Å². The molecule has 0 saturated carbocycles. The summed E-state index contributed by atoms with van der Waals surface area (Å²) in [5, 5.41) is 0.788. The molecule has 0 amide bonds. The van der Waals surface area contributed by atoms with Crippen molar-refractivity contribution >= 4 is 49.5 Å². The van der Waals surface area contributed by atoms with Crippen molar-refractivity contribution in [1.29, 1.82) is 0 Å². The minimum atomic E-state index is -0.525. The topological polar surface area (TPSA) is 39.8 Å². The van der Waals surface area contributed by atoms with Crippen LogP contribution in [-0.4, -0.2) is 14.1 Å². The molecule has 2 aromatic heterocycles. The molecule has 4 nitrogen and oxygen atoms in total. The summed E-state index contributed by atoms with van der Waals surface area (Å²) in [7, 11) is 1.68. The number of aryl methyl sites for hydroxylation is 1. The maximum atomic E-state index is 13.5. The van der Waals surface area contributed by atoms with Crippen LogP contribution in [0.5, 0.6) is 0 Å². The maximum absolute atomic E-state index is 13.5. The molecule has 4 aromatic rings. The zero-order valence-corrected chi connectivity index (χ0v) is 14.8. The molecular formula is C17H10BrClFN3O. The fraction of sp³-hybridized carbons (Fsp3) is 0.0588. The lowest BCUT2D eigenvalue weighted by atomic mass is 10.2. The Hall–Kier alpha value is -2.18. The fourth-order valence-electron chi connectivity index (χ4n) is 2.83. The third-order valence-corrected chi connectivity index (χ3v) is 4.79. The highest BCUT2D eigenvalue weighted by atomic mass is 79.9. The molecular weight excluding hydrogens is 397 g/mol. The van der Waals surface area contributed by atoms with Crippen LogP contribution in [0.25, 0.3) is 27.6 Å². The van der Waals surface area contributed by atoms with Gasteiger partial charge in [-0.25, -0.2) is 9.18 Å². The molecule has 0 radical (unpaired) electrons. The van der Waals surface area contributed by atoms with Gasteiger partial charge in [-0.2, -0.15) is 0 Å². The predicted molar refractivity (Wildman–Crippen MR) is 96.5 cm³/mol. The Balaban J connectivity index is 2.22. The van der Waals surface area contributed by atoms with E-state index < -0.39 is 5.82 Å². The van der Waals surface area contributed by atoms with Gasteiger partial charge in [-0.05, 0) is 36.4 Å². The molecule has 0 saturated heterocycles. The van der Waals surface area contributed by atoms with Gasteiger partial charge in [-0.15, -0.1) is 0 Å². The first-order valence-corrected chi connectivity index (χ1v) is 8.25. The van der Waals surface area contributed by atoms with Crippen LogP contribution < -0.4 is 5.69 Å². The Morgan fingerprint density at radius 2 is 2.00 bits per heavy atom. The van der Waals surface area contributed by atoms with Crippen molar-refractivity contribution in [2.24, 2.45) is 7.05 Å². The highest BCUT2D eigenvalue weighted by molar-refractivity contribution is 9.10. The van der Waals surface area contributed by atoms with Crippen LogP contribution in [0.15, 0.2) is 51.9 Å². The van der Waals surface area contributed by atoms with Gasteiger partial charge in [-0.3, -0.25) is 14.1 Å². The molecule has 2 heterocycles. The van der Waals surface area contributed by atoms with E-state index in [-0.39, 0.29) is 10.7 Å². The van der Waals surface area contributed by atoms with Crippen molar-refractivity contribution in [1.82, 2.24) is 14.1 Å². The van der Waals surface area contributed by atoms with Crippen LogP contribution >= 0.6 is 27.5 Å². The number of nitrogens with zero attached hydrogens (tertiary/aromatic N) is 3. The first-order chi connectivity index (χ1) is 11.5. The van der Waals surface area contributed by atoms with Gasteiger partial charge < -0.3 is 0 Å². The van der Waals surface area contributed by atoms with E-state index >= 15 is 0 Å². The number of pyridine rings is 1. The van der Waals surface area contributed by atoms with Gasteiger partial charge >= 0.3 is 5.69 Å². The van der Waals surface area contributed by atoms with E-state index in [2.05, 4.69) is 20.9 Å². The highest BCUT2D eigenvalue weighted by Crippen LogP contribution is 2.28. The van der Waals surface area contributed by atoms with Crippen molar-refractivity contribution < 1.29 is 4.39 Å². The molecule has 7 heteroatoms. The van der Waals surface area contributed by atoms with Crippen LogP contribution in [0.4, 0.5) is 4.39 Å². The Bertz CT molecular complexity index is 1180. The van der Waals surface area contributed by atoms with E-state index in [1.54, 1.807) is 13.2 Å². The van der Waals surface area contributed by atoms with Crippen LogP contribution in [0.1, 0.15) is 0 Å². The zero-order chi connectivity index (χ0) is 17.0. The van der Waals surface area contributed by atoms with Gasteiger partial charge in [0.15, 0.2) is 0 Å². The van der Waals surface area contributed by atoms with Gasteiger partial charge in [0.05, 0.1) is 33.5 Å². The summed E-state index contributed by atoms with van der Waals surface area (Å²) in [6.07, 6.45) is 1.66. The highest BCUT2D eigenvalue weighted by Gasteiger charge is 2.17. The molecule has 0 aliphatic carbocycles. The van der Waals surface area contributed by atoms with E-state index in [1.165, 1.54) is 27.3 Å². The number of imidazole rings is 1. The zero-order valence-electron chi connectivity index (χ0n) is 12.4. The Morgan fingerprint density at radius 3 is 2.75 bits per heavy atom. The van der Waals surface area contributed by atoms with Crippen LogP contribution in [0.3, 0.4) is 0 Å². The molecule has 0 atom stereocenters. The van der Waals surface area contributed by atoms with Crippen molar-refractivity contribution in [3.05, 3.63) is 68.4 Å². The summed E-state index contributed by atoms with van der Waals surface area (Å²) < 4.78 is 17.4. The second-order valence-corrected chi connectivity index (χ2v) is 6.75. The van der Waals surface area contributed by atoms with Gasteiger partial charge in [0.25, 0.3) is 0 Å². The Morgan fingerprint density at radius 1 is 1.21 bits per heavy atom. The van der Waals surface area contributed by atoms with E-state index in [9.17, 15) is 9.18 Å². The van der Waals surface area contributed by atoms with Crippen molar-refractivity contribution in [3.63, 3.8) is 0 Å². The molecule has 0 aliphatic heterocycles. The van der Waals surface area contributed by atoms with Gasteiger partial charge in [-0.1, -0.05) is 27.5 Å². The molecule has 0 N–H and O–H groups in total. The van der Waals surface area contributed by atoms with Gasteiger partial charge in [0, 0.05) is 16.9 Å². The van der Waals surface area contributed by atoms with Crippen LogP contribution in [-0.2, 0) is 7.05 Å². The average molecular weight is 407 g/mol. The molecule has 0 bridgehead atoms. The molecule has 0 unspecified atom stereocenters. The number of rotatable bonds is 1. The van der Waals surface area contributed by atoms with Crippen molar-refractivity contribution in [2.45, 2.75) is 0 Å². The lowest BCUT2D eigenvalue weighted by Gasteiger charge is -2.07.